The zero-order valence-electron chi connectivity index (χ0n) is 20.7. The molecule has 3 aromatic carbocycles. The molecule has 9 heteroatoms. The van der Waals surface area contributed by atoms with Crippen LogP contribution in [-0.2, 0) is 22.5 Å². The van der Waals surface area contributed by atoms with Crippen LogP contribution in [0.4, 0.5) is 11.4 Å². The summed E-state index contributed by atoms with van der Waals surface area (Å²) in [4.78, 5) is 42.2. The number of non-ortho nitro benzene ring substituents is 1. The van der Waals surface area contributed by atoms with E-state index in [1.807, 2.05) is 60.7 Å². The largest absolute Gasteiger partial charge is 0.464 e. The topological polar surface area (TPSA) is 118 Å². The van der Waals surface area contributed by atoms with E-state index in [9.17, 15) is 19.7 Å². The first-order valence-corrected chi connectivity index (χ1v) is 12.2. The molecule has 0 saturated carbocycles. The van der Waals surface area contributed by atoms with Crippen molar-refractivity contribution in [2.75, 3.05) is 12.0 Å². The predicted molar refractivity (Wildman–Crippen MR) is 142 cm³/mol. The minimum atomic E-state index is -0.608. The third-order valence-electron chi connectivity index (χ3n) is 6.65. The van der Waals surface area contributed by atoms with Gasteiger partial charge in [0.2, 0.25) is 5.91 Å². The van der Waals surface area contributed by atoms with Gasteiger partial charge in [0.1, 0.15) is 5.69 Å². The Morgan fingerprint density at radius 2 is 1.61 bits per heavy atom. The lowest BCUT2D eigenvalue weighted by atomic mass is 10.00. The van der Waals surface area contributed by atoms with Gasteiger partial charge < -0.3 is 14.6 Å². The van der Waals surface area contributed by atoms with Gasteiger partial charge in [-0.05, 0) is 29.2 Å². The average Bonchev–Trinajstić information content (AvgIpc) is 3.35. The Bertz CT molecular complexity index is 1450. The lowest BCUT2D eigenvalue weighted by Crippen LogP contribution is -2.46. The minimum absolute atomic E-state index is 0.0352. The van der Waals surface area contributed by atoms with Crippen LogP contribution in [0.25, 0.3) is 0 Å². The molecule has 0 bridgehead atoms. The van der Waals surface area contributed by atoms with Gasteiger partial charge in [-0.25, -0.2) is 4.79 Å². The van der Waals surface area contributed by atoms with Gasteiger partial charge in [-0.3, -0.25) is 20.2 Å². The van der Waals surface area contributed by atoms with E-state index in [1.165, 1.54) is 19.2 Å². The number of nitrogens with zero attached hydrogens (tertiary/aromatic N) is 2. The van der Waals surface area contributed by atoms with E-state index in [-0.39, 0.29) is 17.3 Å². The predicted octanol–water partition coefficient (Wildman–Crippen LogP) is 4.55. The van der Waals surface area contributed by atoms with Gasteiger partial charge in [-0.1, -0.05) is 72.8 Å². The molecule has 38 heavy (non-hydrogen) atoms. The molecule has 5 rings (SSSR count). The average molecular weight is 511 g/mol. The van der Waals surface area contributed by atoms with Crippen LogP contribution in [0, 0.1) is 10.1 Å². The highest BCUT2D eigenvalue weighted by atomic mass is 16.6. The molecule has 0 aliphatic carbocycles. The number of amides is 1. The normalized spacial score (nSPS) is 17.0. The van der Waals surface area contributed by atoms with Crippen LogP contribution >= 0.6 is 0 Å². The molecule has 1 aromatic heterocycles. The molecule has 0 saturated heterocycles. The van der Waals surface area contributed by atoms with Gasteiger partial charge in [0.15, 0.2) is 0 Å². The molecule has 0 unspecified atom stereocenters. The fraction of sp³-hybridized carbons (Fsp3) is 0.172. The SMILES string of the molecule is COC(=O)c1cc2c([nH]1)[C@@H](c1ccc([N+](=O)[O-])cc1)N[C@@H](Cc1ccccc1)C(=O)N2Cc1ccccc1. The number of aromatic nitrogens is 1. The Hall–Kier alpha value is -4.76. The van der Waals surface area contributed by atoms with Gasteiger partial charge in [0, 0.05) is 12.1 Å². The Balaban J connectivity index is 1.64. The van der Waals surface area contributed by atoms with E-state index in [0.29, 0.717) is 29.9 Å². The van der Waals surface area contributed by atoms with Crippen molar-refractivity contribution >= 4 is 23.3 Å². The summed E-state index contributed by atoms with van der Waals surface area (Å²) >= 11 is 0. The highest BCUT2D eigenvalue weighted by Crippen LogP contribution is 2.37. The summed E-state index contributed by atoms with van der Waals surface area (Å²) in [6.45, 7) is 0.297. The van der Waals surface area contributed by atoms with Crippen LogP contribution in [0.1, 0.15) is 38.9 Å². The summed E-state index contributed by atoms with van der Waals surface area (Å²) in [5.41, 5.74) is 3.94. The number of fused-ring (bicyclic) bond motifs is 1. The number of nitro groups is 1. The number of anilines is 1. The molecule has 0 fully saturated rings. The summed E-state index contributed by atoms with van der Waals surface area (Å²) < 4.78 is 4.94. The first-order chi connectivity index (χ1) is 18.4. The van der Waals surface area contributed by atoms with Crippen molar-refractivity contribution in [1.29, 1.82) is 0 Å². The number of hydrogen-bond acceptors (Lipinski definition) is 6. The number of nitrogens with one attached hydrogen (secondary N) is 2. The zero-order chi connectivity index (χ0) is 26.6. The van der Waals surface area contributed by atoms with Crippen LogP contribution in [0.3, 0.4) is 0 Å². The van der Waals surface area contributed by atoms with Crippen LogP contribution < -0.4 is 10.2 Å². The van der Waals surface area contributed by atoms with Gasteiger partial charge in [0.25, 0.3) is 5.69 Å². The second-order valence-corrected chi connectivity index (χ2v) is 9.07. The van der Waals surface area contributed by atoms with E-state index >= 15 is 0 Å². The smallest absolute Gasteiger partial charge is 0.354 e. The fourth-order valence-corrected chi connectivity index (χ4v) is 4.76. The van der Waals surface area contributed by atoms with Crippen LogP contribution in [0.5, 0.6) is 0 Å². The summed E-state index contributed by atoms with van der Waals surface area (Å²) in [7, 11) is 1.29. The number of methoxy groups -OCH3 is 1. The third-order valence-corrected chi connectivity index (χ3v) is 6.65. The van der Waals surface area contributed by atoms with E-state index in [1.54, 1.807) is 23.1 Å². The van der Waals surface area contributed by atoms with Gasteiger partial charge in [-0.2, -0.15) is 0 Å². The zero-order valence-corrected chi connectivity index (χ0v) is 20.7. The molecule has 2 atom stereocenters. The molecule has 0 radical (unpaired) electrons. The number of hydrogen-bond donors (Lipinski definition) is 2. The molecule has 192 valence electrons. The maximum absolute atomic E-state index is 14.1. The highest BCUT2D eigenvalue weighted by molar-refractivity contribution is 6.00. The maximum atomic E-state index is 14.1. The lowest BCUT2D eigenvalue weighted by Gasteiger charge is -2.25. The van der Waals surface area contributed by atoms with Crippen molar-refractivity contribution in [1.82, 2.24) is 10.3 Å². The molecule has 4 aromatic rings. The number of carbonyl (C=O) groups is 2. The lowest BCUT2D eigenvalue weighted by molar-refractivity contribution is -0.384. The van der Waals surface area contributed by atoms with Crippen LogP contribution in [-0.4, -0.2) is 34.9 Å². The summed E-state index contributed by atoms with van der Waals surface area (Å²) in [5, 5.41) is 14.7. The fourth-order valence-electron chi connectivity index (χ4n) is 4.76. The number of carbonyl (C=O) groups excluding carboxylic acids is 2. The Labute approximate surface area is 219 Å². The van der Waals surface area contributed by atoms with E-state index in [4.69, 9.17) is 4.74 Å². The van der Waals surface area contributed by atoms with Crippen molar-refractivity contribution in [3.8, 4) is 0 Å². The second-order valence-electron chi connectivity index (χ2n) is 9.07. The van der Waals surface area contributed by atoms with Crippen LogP contribution in [0.15, 0.2) is 91.0 Å². The number of ether oxygens (including phenoxy) is 1. The van der Waals surface area contributed by atoms with Crippen LogP contribution in [0.2, 0.25) is 0 Å². The maximum Gasteiger partial charge on any atom is 0.354 e. The van der Waals surface area contributed by atoms with Gasteiger partial charge in [0.05, 0.1) is 42.0 Å². The van der Waals surface area contributed by atoms with Gasteiger partial charge in [-0.15, -0.1) is 0 Å². The Morgan fingerprint density at radius 3 is 2.21 bits per heavy atom. The van der Waals surface area contributed by atoms with Crippen molar-refractivity contribution in [2.24, 2.45) is 0 Å². The molecule has 1 aliphatic heterocycles. The Kier molecular flexibility index (Phi) is 7.01. The molecule has 1 amide bonds. The summed E-state index contributed by atoms with van der Waals surface area (Å²) in [6, 6.07) is 26.0. The van der Waals surface area contributed by atoms with Crippen molar-refractivity contribution in [3.05, 3.63) is 129 Å². The quantitative estimate of drug-likeness (QED) is 0.214. The standard InChI is InChI=1S/C29H26N4O5/c1-38-29(35)24-17-25-27(31-24)26(21-12-14-22(15-13-21)33(36)37)30-23(16-19-8-4-2-5-9-19)28(34)32(25)18-20-10-6-3-7-11-20/h2-15,17,23,26,30-31H,16,18H2,1H3/t23-,26+/m0/s1. The molecule has 9 nitrogen and oxygen atoms in total. The number of nitro benzene ring substituents is 1. The minimum Gasteiger partial charge on any atom is -0.464 e. The number of benzene rings is 3. The molecule has 1 aliphatic rings. The molecule has 2 N–H and O–H groups in total. The molecule has 2 heterocycles. The first kappa shape index (κ1) is 24.9. The van der Waals surface area contributed by atoms with Crippen molar-refractivity contribution < 1.29 is 19.2 Å². The summed E-state index contributed by atoms with van der Waals surface area (Å²) in [6.07, 6.45) is 0.433. The van der Waals surface area contributed by atoms with Crippen molar-refractivity contribution in [3.63, 3.8) is 0 Å². The molecule has 0 spiro atoms. The monoisotopic (exact) mass is 510 g/mol. The number of H-pyrrole nitrogens is 1. The summed E-state index contributed by atoms with van der Waals surface area (Å²) in [5.74, 6) is -0.716. The molecular formula is C29H26N4O5. The van der Waals surface area contributed by atoms with E-state index < -0.39 is 23.0 Å². The van der Waals surface area contributed by atoms with Crippen molar-refractivity contribution in [2.45, 2.75) is 25.0 Å². The first-order valence-electron chi connectivity index (χ1n) is 12.2. The highest BCUT2D eigenvalue weighted by Gasteiger charge is 2.37. The number of aromatic amines is 1. The van der Waals surface area contributed by atoms with Gasteiger partial charge >= 0.3 is 5.97 Å². The number of rotatable bonds is 7. The van der Waals surface area contributed by atoms with E-state index in [0.717, 1.165) is 11.1 Å². The molecular weight excluding hydrogens is 484 g/mol. The third kappa shape index (κ3) is 5.05. The Morgan fingerprint density at radius 1 is 0.974 bits per heavy atom. The van der Waals surface area contributed by atoms with E-state index in [2.05, 4.69) is 10.3 Å². The number of esters is 1. The second kappa shape index (κ2) is 10.7.